The monoisotopic (exact) mass is 290 g/mol. The highest BCUT2D eigenvalue weighted by Gasteiger charge is 2.19. The number of hydrogen-bond donors (Lipinski definition) is 2. The van der Waals surface area contributed by atoms with E-state index in [4.69, 9.17) is 5.73 Å². The first kappa shape index (κ1) is 14.4. The second kappa shape index (κ2) is 5.17. The number of benzene rings is 2. The highest BCUT2D eigenvalue weighted by atomic mass is 32.2. The summed E-state index contributed by atoms with van der Waals surface area (Å²) in [6.45, 7) is 5.45. The molecule has 0 amide bonds. The average molecular weight is 290 g/mol. The van der Waals surface area contributed by atoms with Crippen molar-refractivity contribution in [1.82, 2.24) is 0 Å². The van der Waals surface area contributed by atoms with Gasteiger partial charge in [0.15, 0.2) is 0 Å². The third kappa shape index (κ3) is 2.77. The summed E-state index contributed by atoms with van der Waals surface area (Å²) < 4.78 is 27.6. The molecule has 0 saturated heterocycles. The molecule has 106 valence electrons. The van der Waals surface area contributed by atoms with Crippen molar-refractivity contribution in [1.29, 1.82) is 0 Å². The molecule has 0 saturated carbocycles. The molecule has 0 aromatic heterocycles. The van der Waals surface area contributed by atoms with Crippen LogP contribution in [0.5, 0.6) is 0 Å². The summed E-state index contributed by atoms with van der Waals surface area (Å²) >= 11 is 0. The maximum atomic E-state index is 12.5. The minimum absolute atomic E-state index is 0.278. The zero-order valence-electron chi connectivity index (χ0n) is 11.8. The van der Waals surface area contributed by atoms with Crippen molar-refractivity contribution in [3.8, 4) is 0 Å². The van der Waals surface area contributed by atoms with Crippen LogP contribution in [0.3, 0.4) is 0 Å². The van der Waals surface area contributed by atoms with Crippen LogP contribution in [0.15, 0.2) is 41.3 Å². The minimum atomic E-state index is -3.64. The van der Waals surface area contributed by atoms with Gasteiger partial charge in [0.05, 0.1) is 16.3 Å². The van der Waals surface area contributed by atoms with Crippen LogP contribution in [0.2, 0.25) is 0 Å². The topological polar surface area (TPSA) is 72.2 Å². The van der Waals surface area contributed by atoms with E-state index in [0.717, 1.165) is 11.1 Å². The third-order valence-corrected chi connectivity index (χ3v) is 4.67. The van der Waals surface area contributed by atoms with E-state index in [1.807, 2.05) is 26.0 Å². The van der Waals surface area contributed by atoms with Gasteiger partial charge in [0.25, 0.3) is 10.0 Å². The van der Waals surface area contributed by atoms with Gasteiger partial charge in [-0.25, -0.2) is 8.42 Å². The first-order chi connectivity index (χ1) is 9.31. The number of hydrogen-bond acceptors (Lipinski definition) is 3. The smallest absolute Gasteiger partial charge is 0.262 e. The van der Waals surface area contributed by atoms with Gasteiger partial charge >= 0.3 is 0 Å². The summed E-state index contributed by atoms with van der Waals surface area (Å²) in [5.74, 6) is 0. The fourth-order valence-electron chi connectivity index (χ4n) is 2.02. The van der Waals surface area contributed by atoms with Crippen LogP contribution in [0.25, 0.3) is 0 Å². The van der Waals surface area contributed by atoms with Crippen LogP contribution in [0.1, 0.15) is 16.7 Å². The number of nitrogen functional groups attached to an aromatic ring is 1. The van der Waals surface area contributed by atoms with Crippen LogP contribution in [0.4, 0.5) is 11.4 Å². The standard InChI is InChI=1S/C15H18N2O2S/c1-10-7-8-11(2)14(9-10)20(18,19)17-15-12(3)5-4-6-13(15)16/h4-9,17H,16H2,1-3H3. The molecule has 3 N–H and O–H groups in total. The molecule has 5 heteroatoms. The van der Waals surface area contributed by atoms with Crippen molar-refractivity contribution < 1.29 is 8.42 Å². The van der Waals surface area contributed by atoms with Gasteiger partial charge in [0, 0.05) is 0 Å². The molecule has 0 aliphatic carbocycles. The molecule has 20 heavy (non-hydrogen) atoms. The van der Waals surface area contributed by atoms with Gasteiger partial charge < -0.3 is 5.73 Å². The van der Waals surface area contributed by atoms with Crippen molar-refractivity contribution in [3.63, 3.8) is 0 Å². The Labute approximate surface area is 119 Å². The molecule has 0 fully saturated rings. The van der Waals surface area contributed by atoms with E-state index < -0.39 is 10.0 Å². The Hall–Kier alpha value is -2.01. The molecule has 2 aromatic rings. The first-order valence-corrected chi connectivity index (χ1v) is 7.75. The van der Waals surface area contributed by atoms with E-state index in [9.17, 15) is 8.42 Å². The molecule has 2 aromatic carbocycles. The van der Waals surface area contributed by atoms with Gasteiger partial charge in [-0.05, 0) is 49.6 Å². The van der Waals surface area contributed by atoms with Gasteiger partial charge in [0.1, 0.15) is 0 Å². The Balaban J connectivity index is 2.49. The number of anilines is 2. The lowest BCUT2D eigenvalue weighted by molar-refractivity contribution is 0.600. The van der Waals surface area contributed by atoms with Crippen LogP contribution in [0, 0.1) is 20.8 Å². The lowest BCUT2D eigenvalue weighted by atomic mass is 10.2. The average Bonchev–Trinajstić information content (AvgIpc) is 2.37. The predicted molar refractivity (Wildman–Crippen MR) is 82.3 cm³/mol. The number of nitrogens with two attached hydrogens (primary N) is 1. The second-order valence-electron chi connectivity index (χ2n) is 4.91. The number of para-hydroxylation sites is 1. The highest BCUT2D eigenvalue weighted by Crippen LogP contribution is 2.27. The quantitative estimate of drug-likeness (QED) is 0.854. The summed E-state index contributed by atoms with van der Waals surface area (Å²) in [5.41, 5.74) is 9.09. The van der Waals surface area contributed by atoms with Crippen molar-refractivity contribution in [2.24, 2.45) is 0 Å². The molecule has 0 bridgehead atoms. The first-order valence-electron chi connectivity index (χ1n) is 6.26. The van der Waals surface area contributed by atoms with Gasteiger partial charge in [-0.3, -0.25) is 4.72 Å². The maximum Gasteiger partial charge on any atom is 0.262 e. The summed E-state index contributed by atoms with van der Waals surface area (Å²) in [6, 6.07) is 10.6. The third-order valence-electron chi connectivity index (χ3n) is 3.17. The van der Waals surface area contributed by atoms with E-state index in [2.05, 4.69) is 4.72 Å². The van der Waals surface area contributed by atoms with Gasteiger partial charge in [-0.2, -0.15) is 0 Å². The molecule has 0 heterocycles. The number of aryl methyl sites for hydroxylation is 3. The Kier molecular flexibility index (Phi) is 3.72. The van der Waals surface area contributed by atoms with E-state index in [0.29, 0.717) is 16.9 Å². The lowest BCUT2D eigenvalue weighted by Gasteiger charge is -2.14. The maximum absolute atomic E-state index is 12.5. The van der Waals surface area contributed by atoms with Crippen LogP contribution >= 0.6 is 0 Å². The number of rotatable bonds is 3. The summed E-state index contributed by atoms with van der Waals surface area (Å²) in [5, 5.41) is 0. The SMILES string of the molecule is Cc1ccc(C)c(S(=O)(=O)Nc2c(C)cccc2N)c1. The Bertz CT molecular complexity index is 732. The van der Waals surface area contributed by atoms with Crippen molar-refractivity contribution >= 4 is 21.4 Å². The second-order valence-corrected chi connectivity index (χ2v) is 6.56. The molecule has 0 radical (unpaired) electrons. The van der Waals surface area contributed by atoms with Gasteiger partial charge in [-0.1, -0.05) is 24.3 Å². The molecule has 0 atom stereocenters. The molecule has 0 spiro atoms. The normalized spacial score (nSPS) is 11.3. The molecular formula is C15H18N2O2S. The molecular weight excluding hydrogens is 272 g/mol. The van der Waals surface area contributed by atoms with Gasteiger partial charge in [0.2, 0.25) is 0 Å². The van der Waals surface area contributed by atoms with Crippen molar-refractivity contribution in [3.05, 3.63) is 53.1 Å². The molecule has 0 aliphatic heterocycles. The largest absolute Gasteiger partial charge is 0.397 e. The lowest BCUT2D eigenvalue weighted by Crippen LogP contribution is -2.16. The van der Waals surface area contributed by atoms with E-state index in [1.165, 1.54) is 0 Å². The fraction of sp³-hybridized carbons (Fsp3) is 0.200. The molecule has 0 aliphatic rings. The van der Waals surface area contributed by atoms with Crippen LogP contribution in [-0.4, -0.2) is 8.42 Å². The molecule has 2 rings (SSSR count). The van der Waals surface area contributed by atoms with Gasteiger partial charge in [-0.15, -0.1) is 0 Å². The summed E-state index contributed by atoms with van der Waals surface area (Å²) in [7, 11) is -3.64. The fourth-order valence-corrected chi connectivity index (χ4v) is 3.51. The Morgan fingerprint density at radius 1 is 1.00 bits per heavy atom. The Morgan fingerprint density at radius 3 is 2.35 bits per heavy atom. The Morgan fingerprint density at radius 2 is 1.70 bits per heavy atom. The summed E-state index contributed by atoms with van der Waals surface area (Å²) in [6.07, 6.45) is 0. The van der Waals surface area contributed by atoms with E-state index >= 15 is 0 Å². The molecule has 0 unspecified atom stereocenters. The highest BCUT2D eigenvalue weighted by molar-refractivity contribution is 7.92. The van der Waals surface area contributed by atoms with Crippen molar-refractivity contribution in [2.75, 3.05) is 10.5 Å². The van der Waals surface area contributed by atoms with Crippen LogP contribution in [-0.2, 0) is 10.0 Å². The van der Waals surface area contributed by atoms with Crippen molar-refractivity contribution in [2.45, 2.75) is 25.7 Å². The predicted octanol–water partition coefficient (Wildman–Crippen LogP) is 2.99. The zero-order chi connectivity index (χ0) is 14.9. The number of sulfonamides is 1. The molecule has 4 nitrogen and oxygen atoms in total. The summed E-state index contributed by atoms with van der Waals surface area (Å²) in [4.78, 5) is 0.278. The van der Waals surface area contributed by atoms with E-state index in [1.54, 1.807) is 31.2 Å². The number of nitrogens with one attached hydrogen (secondary N) is 1. The van der Waals surface area contributed by atoms with Crippen LogP contribution < -0.4 is 10.5 Å². The van der Waals surface area contributed by atoms with E-state index in [-0.39, 0.29) is 4.90 Å². The minimum Gasteiger partial charge on any atom is -0.397 e. The zero-order valence-corrected chi connectivity index (χ0v) is 12.6.